The van der Waals surface area contributed by atoms with Crippen LogP contribution in [0.2, 0.25) is 0 Å². The van der Waals surface area contributed by atoms with Gasteiger partial charge in [0.15, 0.2) is 0 Å². The van der Waals surface area contributed by atoms with Crippen molar-refractivity contribution in [3.05, 3.63) is 28.2 Å². The van der Waals surface area contributed by atoms with Crippen LogP contribution < -0.4 is 10.6 Å². The molecule has 0 aliphatic heterocycles. The third-order valence-electron chi connectivity index (χ3n) is 2.16. The van der Waals surface area contributed by atoms with Crippen molar-refractivity contribution in [3.8, 4) is 6.07 Å². The fourth-order valence-corrected chi connectivity index (χ4v) is 1.72. The highest BCUT2D eigenvalue weighted by atomic mass is 79.9. The van der Waals surface area contributed by atoms with Gasteiger partial charge in [-0.2, -0.15) is 5.26 Å². The lowest BCUT2D eigenvalue weighted by molar-refractivity contribution is 0.192. The molecule has 3 N–H and O–H groups in total. The Kier molecular flexibility index (Phi) is 5.98. The Morgan fingerprint density at radius 1 is 1.47 bits per heavy atom. The van der Waals surface area contributed by atoms with Crippen molar-refractivity contribution >= 4 is 21.6 Å². The molecule has 0 aromatic heterocycles. The van der Waals surface area contributed by atoms with Crippen LogP contribution in [0, 0.1) is 11.3 Å². The van der Waals surface area contributed by atoms with Gasteiger partial charge in [-0.3, -0.25) is 0 Å². The van der Waals surface area contributed by atoms with E-state index in [-0.39, 0.29) is 6.10 Å². The summed E-state index contributed by atoms with van der Waals surface area (Å²) in [6.45, 7) is 3.76. The van der Waals surface area contributed by atoms with Crippen molar-refractivity contribution < 1.29 is 5.11 Å². The maximum Gasteiger partial charge on any atom is 0.101 e. The van der Waals surface area contributed by atoms with Crippen LogP contribution in [-0.4, -0.2) is 30.8 Å². The summed E-state index contributed by atoms with van der Waals surface area (Å²) in [5, 5.41) is 24.3. The van der Waals surface area contributed by atoms with E-state index in [0.29, 0.717) is 18.7 Å². The Balaban J connectivity index is 2.41. The molecular weight excluding hydrogens is 282 g/mol. The van der Waals surface area contributed by atoms with E-state index >= 15 is 0 Å². The van der Waals surface area contributed by atoms with Crippen LogP contribution in [-0.2, 0) is 0 Å². The number of aliphatic hydroxyl groups excluding tert-OH is 1. The number of aliphatic hydroxyl groups is 1. The van der Waals surface area contributed by atoms with Crippen molar-refractivity contribution in [2.24, 2.45) is 0 Å². The van der Waals surface area contributed by atoms with Crippen molar-refractivity contribution in [2.75, 3.05) is 25.0 Å². The number of rotatable bonds is 6. The molecule has 0 saturated heterocycles. The topological polar surface area (TPSA) is 68.1 Å². The van der Waals surface area contributed by atoms with Gasteiger partial charge in [0.05, 0.1) is 17.4 Å². The van der Waals surface area contributed by atoms with E-state index in [1.807, 2.05) is 12.1 Å². The van der Waals surface area contributed by atoms with Gasteiger partial charge in [0, 0.05) is 24.1 Å². The van der Waals surface area contributed by atoms with Crippen molar-refractivity contribution in [2.45, 2.75) is 13.0 Å². The van der Waals surface area contributed by atoms with E-state index in [0.717, 1.165) is 16.7 Å². The molecule has 0 aliphatic carbocycles. The lowest BCUT2D eigenvalue weighted by Crippen LogP contribution is -2.29. The summed E-state index contributed by atoms with van der Waals surface area (Å²) < 4.78 is 0.941. The second-order valence-corrected chi connectivity index (χ2v) is 4.70. The second kappa shape index (κ2) is 7.28. The fraction of sp³-hybridized carbons (Fsp3) is 0.417. The zero-order chi connectivity index (χ0) is 12.7. The normalized spacial score (nSPS) is 11.9. The van der Waals surface area contributed by atoms with Crippen molar-refractivity contribution in [1.82, 2.24) is 5.32 Å². The smallest absolute Gasteiger partial charge is 0.101 e. The van der Waals surface area contributed by atoms with Crippen LogP contribution >= 0.6 is 15.9 Å². The molecule has 92 valence electrons. The monoisotopic (exact) mass is 297 g/mol. The Hall–Kier alpha value is -1.09. The molecule has 1 atom stereocenters. The molecule has 0 saturated carbocycles. The van der Waals surface area contributed by atoms with Gasteiger partial charge >= 0.3 is 0 Å². The molecule has 5 heteroatoms. The Labute approximate surface area is 110 Å². The summed E-state index contributed by atoms with van der Waals surface area (Å²) >= 11 is 3.37. The maximum absolute atomic E-state index is 9.06. The molecule has 0 radical (unpaired) electrons. The third-order valence-corrected chi connectivity index (χ3v) is 2.65. The highest BCUT2D eigenvalue weighted by Gasteiger charge is 2.01. The third kappa shape index (κ3) is 5.18. The van der Waals surface area contributed by atoms with E-state index in [9.17, 15) is 0 Å². The van der Waals surface area contributed by atoms with Gasteiger partial charge in [-0.15, -0.1) is 0 Å². The van der Waals surface area contributed by atoms with Gasteiger partial charge in [0.2, 0.25) is 0 Å². The molecule has 1 aromatic carbocycles. The van der Waals surface area contributed by atoms with Gasteiger partial charge in [-0.1, -0.05) is 15.9 Å². The lowest BCUT2D eigenvalue weighted by atomic mass is 10.2. The number of hydrogen-bond acceptors (Lipinski definition) is 4. The molecule has 0 amide bonds. The van der Waals surface area contributed by atoms with Crippen LogP contribution in [0.15, 0.2) is 22.7 Å². The first-order valence-corrected chi connectivity index (χ1v) is 6.25. The minimum Gasteiger partial charge on any atom is -0.392 e. The molecule has 0 heterocycles. The van der Waals surface area contributed by atoms with Gasteiger partial charge < -0.3 is 15.7 Å². The van der Waals surface area contributed by atoms with E-state index < -0.39 is 0 Å². The molecule has 0 aliphatic rings. The maximum atomic E-state index is 9.06. The number of nitrogens with one attached hydrogen (secondary N) is 2. The van der Waals surface area contributed by atoms with Crippen LogP contribution in [0.1, 0.15) is 12.5 Å². The molecule has 17 heavy (non-hydrogen) atoms. The van der Waals surface area contributed by atoms with Gasteiger partial charge in [-0.05, 0) is 25.1 Å². The summed E-state index contributed by atoms with van der Waals surface area (Å²) in [5.74, 6) is 0. The number of hydrogen-bond donors (Lipinski definition) is 3. The van der Waals surface area contributed by atoms with Crippen LogP contribution in [0.4, 0.5) is 5.69 Å². The molecule has 0 fully saturated rings. The van der Waals surface area contributed by atoms with Gasteiger partial charge in [-0.25, -0.2) is 0 Å². The summed E-state index contributed by atoms with van der Waals surface area (Å²) in [6, 6.07) is 7.64. The SMILES string of the molecule is CC(O)CNCCNc1cc(Br)ccc1C#N. The van der Waals surface area contributed by atoms with Gasteiger partial charge in [0.25, 0.3) is 0 Å². The first kappa shape index (κ1) is 14.0. The predicted molar refractivity (Wildman–Crippen MR) is 71.9 cm³/mol. The quantitative estimate of drug-likeness (QED) is 0.699. The summed E-state index contributed by atoms with van der Waals surface area (Å²) in [5.41, 5.74) is 1.45. The minimum absolute atomic E-state index is 0.337. The van der Waals surface area contributed by atoms with Crippen LogP contribution in [0.3, 0.4) is 0 Å². The molecular formula is C12H16BrN3O. The molecule has 0 spiro atoms. The Morgan fingerprint density at radius 3 is 2.88 bits per heavy atom. The standard InChI is InChI=1S/C12H16BrN3O/c1-9(17)8-15-4-5-16-12-6-11(13)3-2-10(12)7-14/h2-3,6,9,15-17H,4-5,8H2,1H3. The van der Waals surface area contributed by atoms with E-state index in [1.54, 1.807) is 13.0 Å². The average Bonchev–Trinajstić information content (AvgIpc) is 2.28. The van der Waals surface area contributed by atoms with E-state index in [1.165, 1.54) is 0 Å². The highest BCUT2D eigenvalue weighted by molar-refractivity contribution is 9.10. The Bertz CT molecular complexity index is 401. The lowest BCUT2D eigenvalue weighted by Gasteiger charge is -2.10. The first-order chi connectivity index (χ1) is 8.13. The zero-order valence-corrected chi connectivity index (χ0v) is 11.3. The van der Waals surface area contributed by atoms with Gasteiger partial charge in [0.1, 0.15) is 6.07 Å². The first-order valence-electron chi connectivity index (χ1n) is 5.46. The zero-order valence-electron chi connectivity index (χ0n) is 9.70. The number of benzene rings is 1. The summed E-state index contributed by atoms with van der Waals surface area (Å²) in [6.07, 6.45) is -0.337. The second-order valence-electron chi connectivity index (χ2n) is 3.78. The number of nitrogens with zero attached hydrogens (tertiary/aromatic N) is 1. The number of anilines is 1. The molecule has 4 nitrogen and oxygen atoms in total. The largest absolute Gasteiger partial charge is 0.392 e. The van der Waals surface area contributed by atoms with E-state index in [2.05, 4.69) is 32.6 Å². The highest BCUT2D eigenvalue weighted by Crippen LogP contribution is 2.20. The number of halogens is 1. The molecule has 1 unspecified atom stereocenters. The van der Waals surface area contributed by atoms with Crippen molar-refractivity contribution in [3.63, 3.8) is 0 Å². The van der Waals surface area contributed by atoms with Crippen LogP contribution in [0.5, 0.6) is 0 Å². The molecule has 1 rings (SSSR count). The van der Waals surface area contributed by atoms with Crippen molar-refractivity contribution in [1.29, 1.82) is 5.26 Å². The van der Waals surface area contributed by atoms with Crippen LogP contribution in [0.25, 0.3) is 0 Å². The summed E-state index contributed by atoms with van der Waals surface area (Å²) in [4.78, 5) is 0. The predicted octanol–water partition coefficient (Wildman–Crippen LogP) is 1.70. The Morgan fingerprint density at radius 2 is 2.24 bits per heavy atom. The summed E-state index contributed by atoms with van der Waals surface area (Å²) in [7, 11) is 0. The average molecular weight is 298 g/mol. The molecule has 0 bridgehead atoms. The molecule has 1 aromatic rings. The van der Waals surface area contributed by atoms with E-state index in [4.69, 9.17) is 10.4 Å². The number of nitriles is 1. The minimum atomic E-state index is -0.337. The fourth-order valence-electron chi connectivity index (χ4n) is 1.36.